The van der Waals surface area contributed by atoms with Gasteiger partial charge in [-0.15, -0.1) is 0 Å². The van der Waals surface area contributed by atoms with Gasteiger partial charge in [-0.3, -0.25) is 0 Å². The van der Waals surface area contributed by atoms with Gasteiger partial charge >= 0.3 is 0 Å². The van der Waals surface area contributed by atoms with Crippen molar-refractivity contribution < 1.29 is 0 Å². The molecule has 3 aromatic heterocycles. The number of aromatic nitrogens is 3. The minimum absolute atomic E-state index is 0.590. The molecule has 0 saturated carbocycles. The molecule has 0 aliphatic heterocycles. The first-order chi connectivity index (χ1) is 27.2. The largest absolute Gasteiger partial charge is 0.309 e. The first-order valence-corrected chi connectivity index (χ1v) is 18.3. The Bertz CT molecular complexity index is 3400. The van der Waals surface area contributed by atoms with E-state index in [0.29, 0.717) is 11.1 Å². The lowest BCUT2D eigenvalue weighted by Crippen LogP contribution is -2.04. The quantitative estimate of drug-likeness (QED) is 0.184. The maximum absolute atomic E-state index is 10.8. The van der Waals surface area contributed by atoms with Crippen LogP contribution in [-0.4, -0.2) is 13.7 Å². The number of rotatable bonds is 4. The Morgan fingerprint density at radius 1 is 0.364 bits per heavy atom. The molecular weight excluding hydrogens is 671 g/mol. The van der Waals surface area contributed by atoms with Crippen LogP contribution in [0.3, 0.4) is 0 Å². The zero-order chi connectivity index (χ0) is 36.6. The van der Waals surface area contributed by atoms with Gasteiger partial charge in [0.25, 0.3) is 0 Å². The SMILES string of the molecule is N#Cc1cccc(-c2ccc(-n3c4ccccc4c4c(C#N)cccc43)cc2)c1-n1c2ccccc2c2cccc(-n3c4ccccc4c4ccccc43)c21. The summed E-state index contributed by atoms with van der Waals surface area (Å²) in [6.45, 7) is 0. The molecule has 0 unspecified atom stereocenters. The van der Waals surface area contributed by atoms with Gasteiger partial charge in [-0.1, -0.05) is 115 Å². The monoisotopic (exact) mass is 699 g/mol. The molecule has 254 valence electrons. The van der Waals surface area contributed by atoms with Crippen LogP contribution < -0.4 is 0 Å². The molecular formula is C50H29N5. The summed E-state index contributed by atoms with van der Waals surface area (Å²) in [4.78, 5) is 0. The summed E-state index contributed by atoms with van der Waals surface area (Å²) < 4.78 is 6.91. The van der Waals surface area contributed by atoms with Crippen molar-refractivity contribution in [2.24, 2.45) is 0 Å². The molecule has 0 amide bonds. The molecule has 5 heteroatoms. The average molecular weight is 700 g/mol. The molecule has 3 heterocycles. The van der Waals surface area contributed by atoms with E-state index in [-0.39, 0.29) is 0 Å². The van der Waals surface area contributed by atoms with E-state index >= 15 is 0 Å². The number of benzene rings is 8. The summed E-state index contributed by atoms with van der Waals surface area (Å²) in [5.74, 6) is 0. The molecule has 5 nitrogen and oxygen atoms in total. The molecule has 0 fully saturated rings. The van der Waals surface area contributed by atoms with Crippen LogP contribution in [0.2, 0.25) is 0 Å². The summed E-state index contributed by atoms with van der Waals surface area (Å²) >= 11 is 0. The van der Waals surface area contributed by atoms with Crippen molar-refractivity contribution in [3.63, 3.8) is 0 Å². The Morgan fingerprint density at radius 3 is 1.51 bits per heavy atom. The van der Waals surface area contributed by atoms with Crippen LogP contribution in [-0.2, 0) is 0 Å². The predicted octanol–water partition coefficient (Wildman–Crippen LogP) is 12.4. The van der Waals surface area contributed by atoms with Gasteiger partial charge in [-0.25, -0.2) is 0 Å². The number of nitriles is 2. The van der Waals surface area contributed by atoms with Crippen molar-refractivity contribution in [3.05, 3.63) is 187 Å². The fraction of sp³-hybridized carbons (Fsp3) is 0. The van der Waals surface area contributed by atoms with Gasteiger partial charge in [0.1, 0.15) is 6.07 Å². The van der Waals surface area contributed by atoms with Crippen LogP contribution in [0.1, 0.15) is 11.1 Å². The molecule has 0 saturated heterocycles. The van der Waals surface area contributed by atoms with Crippen molar-refractivity contribution in [2.75, 3.05) is 0 Å². The van der Waals surface area contributed by atoms with E-state index in [1.54, 1.807) is 0 Å². The van der Waals surface area contributed by atoms with E-state index < -0.39 is 0 Å². The fourth-order valence-corrected chi connectivity index (χ4v) is 8.88. The zero-order valence-corrected chi connectivity index (χ0v) is 29.5. The number of fused-ring (bicyclic) bond motifs is 9. The standard InChI is InChI=1S/C50H29N5/c51-30-33-12-10-24-46-48(33)41-17-4-8-23-45(41)53(46)35-28-26-32(27-29-35)36-18-9-13-34(31-52)49(36)55-44-22-7-3-16-39(44)40-19-11-25-47(50(40)55)54-42-20-5-1-14-37(42)38-15-2-6-21-43(38)54/h1-29H. The maximum atomic E-state index is 10.8. The zero-order valence-electron chi connectivity index (χ0n) is 29.5. The average Bonchev–Trinajstić information content (AvgIpc) is 3.89. The molecule has 0 N–H and O–H groups in total. The molecule has 0 aliphatic rings. The molecule has 8 aromatic carbocycles. The van der Waals surface area contributed by atoms with E-state index in [0.717, 1.165) is 82.8 Å². The number of nitrogens with zero attached hydrogens (tertiary/aromatic N) is 5. The fourth-order valence-electron chi connectivity index (χ4n) is 8.88. The third-order valence-electron chi connectivity index (χ3n) is 11.1. The summed E-state index contributed by atoms with van der Waals surface area (Å²) in [5, 5.41) is 27.4. The second-order valence-corrected chi connectivity index (χ2v) is 13.9. The highest BCUT2D eigenvalue weighted by Gasteiger charge is 2.23. The summed E-state index contributed by atoms with van der Waals surface area (Å²) in [5.41, 5.74) is 12.4. The Balaban J connectivity index is 1.18. The van der Waals surface area contributed by atoms with Gasteiger partial charge in [0, 0.05) is 43.6 Å². The number of para-hydroxylation sites is 6. The van der Waals surface area contributed by atoms with Gasteiger partial charge in [-0.05, 0) is 66.2 Å². The summed E-state index contributed by atoms with van der Waals surface area (Å²) in [7, 11) is 0. The minimum atomic E-state index is 0.590. The Kier molecular flexibility index (Phi) is 6.61. The molecule has 0 atom stereocenters. The highest BCUT2D eigenvalue weighted by Crippen LogP contribution is 2.43. The van der Waals surface area contributed by atoms with Crippen molar-refractivity contribution in [1.82, 2.24) is 13.7 Å². The second kappa shape index (κ2) is 11.8. The molecule has 55 heavy (non-hydrogen) atoms. The smallest absolute Gasteiger partial charge is 0.101 e. The van der Waals surface area contributed by atoms with Crippen molar-refractivity contribution in [1.29, 1.82) is 10.5 Å². The molecule has 0 radical (unpaired) electrons. The van der Waals surface area contributed by atoms with Gasteiger partial charge in [0.15, 0.2) is 0 Å². The molecule has 0 bridgehead atoms. The van der Waals surface area contributed by atoms with Gasteiger partial charge in [0.05, 0.1) is 61.7 Å². The molecule has 11 aromatic rings. The number of hydrogen-bond acceptors (Lipinski definition) is 2. The van der Waals surface area contributed by atoms with Crippen LogP contribution in [0.5, 0.6) is 0 Å². The first kappa shape index (κ1) is 30.7. The van der Waals surface area contributed by atoms with E-state index in [9.17, 15) is 10.5 Å². The normalized spacial score (nSPS) is 11.6. The van der Waals surface area contributed by atoms with Gasteiger partial charge in [-0.2, -0.15) is 10.5 Å². The van der Waals surface area contributed by atoms with Crippen LogP contribution in [0.4, 0.5) is 0 Å². The predicted molar refractivity (Wildman–Crippen MR) is 224 cm³/mol. The van der Waals surface area contributed by atoms with Crippen LogP contribution in [0.25, 0.3) is 93.6 Å². The highest BCUT2D eigenvalue weighted by molar-refractivity contribution is 6.16. The summed E-state index contributed by atoms with van der Waals surface area (Å²) in [6.07, 6.45) is 0. The molecule has 11 rings (SSSR count). The highest BCUT2D eigenvalue weighted by atomic mass is 15.1. The van der Waals surface area contributed by atoms with Crippen LogP contribution in [0, 0.1) is 22.7 Å². The molecule has 0 aliphatic carbocycles. The van der Waals surface area contributed by atoms with Gasteiger partial charge < -0.3 is 13.7 Å². The van der Waals surface area contributed by atoms with E-state index in [1.165, 1.54) is 10.8 Å². The lowest BCUT2D eigenvalue weighted by molar-refractivity contribution is 1.12. The van der Waals surface area contributed by atoms with Crippen molar-refractivity contribution in [2.45, 2.75) is 0 Å². The molecule has 0 spiro atoms. The van der Waals surface area contributed by atoms with E-state index in [4.69, 9.17) is 0 Å². The van der Waals surface area contributed by atoms with E-state index in [1.807, 2.05) is 36.4 Å². The number of hydrogen-bond donors (Lipinski definition) is 0. The first-order valence-electron chi connectivity index (χ1n) is 18.3. The van der Waals surface area contributed by atoms with Crippen LogP contribution in [0.15, 0.2) is 176 Å². The topological polar surface area (TPSA) is 62.4 Å². The van der Waals surface area contributed by atoms with Crippen molar-refractivity contribution in [3.8, 4) is 40.3 Å². The third kappa shape index (κ3) is 4.33. The lowest BCUT2D eigenvalue weighted by Gasteiger charge is -2.18. The Morgan fingerprint density at radius 2 is 0.855 bits per heavy atom. The van der Waals surface area contributed by atoms with Crippen LogP contribution >= 0.6 is 0 Å². The van der Waals surface area contributed by atoms with E-state index in [2.05, 4.69) is 165 Å². The Labute approximate surface area is 316 Å². The maximum Gasteiger partial charge on any atom is 0.101 e. The Hall–Kier alpha value is -7.86. The second-order valence-electron chi connectivity index (χ2n) is 13.9. The summed E-state index contributed by atoms with van der Waals surface area (Å²) in [6, 6.07) is 65.9. The minimum Gasteiger partial charge on any atom is -0.309 e. The van der Waals surface area contributed by atoms with Crippen molar-refractivity contribution >= 4 is 65.4 Å². The third-order valence-corrected chi connectivity index (χ3v) is 11.1. The lowest BCUT2D eigenvalue weighted by atomic mass is 9.99. The van der Waals surface area contributed by atoms with Gasteiger partial charge in [0.2, 0.25) is 0 Å².